The van der Waals surface area contributed by atoms with Crippen molar-refractivity contribution in [1.82, 2.24) is 0 Å². The fourth-order valence-electron chi connectivity index (χ4n) is 3.70. The van der Waals surface area contributed by atoms with Crippen molar-refractivity contribution in [3.63, 3.8) is 0 Å². The number of hydrogen-bond donors (Lipinski definition) is 0. The van der Waals surface area contributed by atoms with Gasteiger partial charge >= 0.3 is 0 Å². The minimum atomic E-state index is -0.735. The van der Waals surface area contributed by atoms with E-state index in [2.05, 4.69) is 0 Å². The Hall–Kier alpha value is -2.63. The van der Waals surface area contributed by atoms with E-state index < -0.39 is 17.5 Å². The lowest BCUT2D eigenvalue weighted by Gasteiger charge is -2.28. The Morgan fingerprint density at radius 1 is 0.793 bits per heavy atom. The van der Waals surface area contributed by atoms with Crippen LogP contribution >= 0.6 is 0 Å². The van der Waals surface area contributed by atoms with Crippen molar-refractivity contribution in [1.29, 1.82) is 0 Å². The zero-order chi connectivity index (χ0) is 20.4. The molecule has 0 bridgehead atoms. The third-order valence-electron chi connectivity index (χ3n) is 5.33. The van der Waals surface area contributed by atoms with Gasteiger partial charge < -0.3 is 9.47 Å². The van der Waals surface area contributed by atoms with Gasteiger partial charge in [-0.3, -0.25) is 0 Å². The van der Waals surface area contributed by atoms with Crippen molar-refractivity contribution in [3.8, 4) is 22.3 Å². The standard InChI is InChI=1S/C24H21F3O2/c1-28-21-7-9-24(29-14-21)16-4-2-15(3-5-16)17-6-8-22(23(27)12-17)18-10-19(25)13-20(26)11-18/h2-6,8,10-13,21,24H,7,9,14H2,1H3. The largest absolute Gasteiger partial charge is 0.379 e. The molecule has 0 saturated carbocycles. The van der Waals surface area contributed by atoms with Gasteiger partial charge in [0.2, 0.25) is 0 Å². The molecule has 2 unspecified atom stereocenters. The summed E-state index contributed by atoms with van der Waals surface area (Å²) in [5.74, 6) is -2.00. The quantitative estimate of drug-likeness (QED) is 0.513. The molecule has 0 N–H and O–H groups in total. The second-order valence-corrected chi connectivity index (χ2v) is 7.23. The summed E-state index contributed by atoms with van der Waals surface area (Å²) in [6.45, 7) is 0.580. The molecule has 150 valence electrons. The molecule has 3 aromatic rings. The van der Waals surface area contributed by atoms with Crippen LogP contribution in [-0.4, -0.2) is 19.8 Å². The van der Waals surface area contributed by atoms with Gasteiger partial charge in [0.25, 0.3) is 0 Å². The molecule has 0 aliphatic carbocycles. The van der Waals surface area contributed by atoms with Crippen LogP contribution in [0.15, 0.2) is 60.7 Å². The van der Waals surface area contributed by atoms with Gasteiger partial charge in [-0.1, -0.05) is 36.4 Å². The lowest BCUT2D eigenvalue weighted by molar-refractivity contribution is -0.0725. The molecule has 4 rings (SSSR count). The molecule has 2 atom stereocenters. The SMILES string of the molecule is COC1CCC(c2ccc(-c3ccc(-c4cc(F)cc(F)c4)c(F)c3)cc2)OC1. The minimum absolute atomic E-state index is 0.0393. The predicted molar refractivity (Wildman–Crippen MR) is 106 cm³/mol. The van der Waals surface area contributed by atoms with E-state index in [0.29, 0.717) is 12.2 Å². The summed E-state index contributed by atoms with van der Waals surface area (Å²) < 4.78 is 52.7. The van der Waals surface area contributed by atoms with Gasteiger partial charge in [-0.25, -0.2) is 13.2 Å². The Balaban J connectivity index is 1.54. The molecular formula is C24H21F3O2. The average molecular weight is 398 g/mol. The Bertz CT molecular complexity index is 973. The molecule has 0 aromatic heterocycles. The van der Waals surface area contributed by atoms with Gasteiger partial charge in [0.15, 0.2) is 0 Å². The van der Waals surface area contributed by atoms with Crippen LogP contribution in [0.2, 0.25) is 0 Å². The maximum atomic E-state index is 14.6. The first-order chi connectivity index (χ1) is 14.0. The number of ether oxygens (including phenoxy) is 2. The summed E-state index contributed by atoms with van der Waals surface area (Å²) in [6, 6.07) is 15.5. The molecule has 0 amide bonds. The zero-order valence-electron chi connectivity index (χ0n) is 16.0. The Labute approximate surface area is 167 Å². The Morgan fingerprint density at radius 3 is 2.07 bits per heavy atom. The molecule has 1 saturated heterocycles. The summed E-state index contributed by atoms with van der Waals surface area (Å²) >= 11 is 0. The van der Waals surface area contributed by atoms with Crippen LogP contribution in [0, 0.1) is 17.5 Å². The van der Waals surface area contributed by atoms with Crippen LogP contribution < -0.4 is 0 Å². The van der Waals surface area contributed by atoms with Crippen molar-refractivity contribution in [2.45, 2.75) is 25.0 Å². The van der Waals surface area contributed by atoms with Gasteiger partial charge in [0.1, 0.15) is 17.5 Å². The molecule has 29 heavy (non-hydrogen) atoms. The summed E-state index contributed by atoms with van der Waals surface area (Å²) in [7, 11) is 1.69. The van der Waals surface area contributed by atoms with Gasteiger partial charge in [-0.15, -0.1) is 0 Å². The van der Waals surface area contributed by atoms with Crippen LogP contribution in [0.4, 0.5) is 13.2 Å². The minimum Gasteiger partial charge on any atom is -0.379 e. The summed E-state index contributed by atoms with van der Waals surface area (Å²) in [5.41, 5.74) is 2.96. The average Bonchev–Trinajstić information content (AvgIpc) is 2.73. The summed E-state index contributed by atoms with van der Waals surface area (Å²) in [6.07, 6.45) is 2.04. The fraction of sp³-hybridized carbons (Fsp3) is 0.250. The maximum absolute atomic E-state index is 14.6. The van der Waals surface area contributed by atoms with Crippen molar-refractivity contribution >= 4 is 0 Å². The zero-order valence-corrected chi connectivity index (χ0v) is 16.0. The third kappa shape index (κ3) is 4.36. The monoisotopic (exact) mass is 398 g/mol. The first-order valence-corrected chi connectivity index (χ1v) is 9.54. The van der Waals surface area contributed by atoms with E-state index in [1.807, 2.05) is 24.3 Å². The van der Waals surface area contributed by atoms with E-state index in [4.69, 9.17) is 9.47 Å². The number of methoxy groups -OCH3 is 1. The highest BCUT2D eigenvalue weighted by molar-refractivity contribution is 5.71. The van der Waals surface area contributed by atoms with E-state index >= 15 is 0 Å². The number of halogens is 3. The normalized spacial score (nSPS) is 19.3. The van der Waals surface area contributed by atoms with E-state index in [-0.39, 0.29) is 23.3 Å². The van der Waals surface area contributed by atoms with Gasteiger partial charge in [0, 0.05) is 18.7 Å². The van der Waals surface area contributed by atoms with Gasteiger partial charge in [-0.05, 0) is 53.3 Å². The topological polar surface area (TPSA) is 18.5 Å². The molecule has 2 nitrogen and oxygen atoms in total. The molecule has 0 spiro atoms. The molecule has 3 aromatic carbocycles. The number of hydrogen-bond acceptors (Lipinski definition) is 2. The highest BCUT2D eigenvalue weighted by Gasteiger charge is 2.22. The number of rotatable bonds is 4. The number of benzene rings is 3. The molecule has 0 radical (unpaired) electrons. The third-order valence-corrected chi connectivity index (χ3v) is 5.33. The smallest absolute Gasteiger partial charge is 0.131 e. The lowest BCUT2D eigenvalue weighted by Crippen LogP contribution is -2.26. The second-order valence-electron chi connectivity index (χ2n) is 7.23. The van der Waals surface area contributed by atoms with Crippen molar-refractivity contribution in [2.24, 2.45) is 0 Å². The molecule has 1 aliphatic rings. The highest BCUT2D eigenvalue weighted by Crippen LogP contribution is 2.32. The molecule has 1 aliphatic heterocycles. The van der Waals surface area contributed by atoms with Crippen LogP contribution in [0.1, 0.15) is 24.5 Å². The van der Waals surface area contributed by atoms with Crippen LogP contribution in [0.5, 0.6) is 0 Å². The van der Waals surface area contributed by atoms with Crippen LogP contribution in [-0.2, 0) is 9.47 Å². The molecular weight excluding hydrogens is 377 g/mol. The second kappa shape index (κ2) is 8.39. The summed E-state index contributed by atoms with van der Waals surface area (Å²) in [5, 5.41) is 0. The first-order valence-electron chi connectivity index (χ1n) is 9.54. The van der Waals surface area contributed by atoms with Gasteiger partial charge in [-0.2, -0.15) is 0 Å². The fourth-order valence-corrected chi connectivity index (χ4v) is 3.70. The Morgan fingerprint density at radius 2 is 1.48 bits per heavy atom. The summed E-state index contributed by atoms with van der Waals surface area (Å²) in [4.78, 5) is 0. The van der Waals surface area contributed by atoms with Crippen molar-refractivity contribution in [3.05, 3.63) is 83.7 Å². The molecule has 5 heteroatoms. The van der Waals surface area contributed by atoms with Crippen molar-refractivity contribution in [2.75, 3.05) is 13.7 Å². The maximum Gasteiger partial charge on any atom is 0.131 e. The molecule has 1 fully saturated rings. The Kier molecular flexibility index (Phi) is 5.69. The van der Waals surface area contributed by atoms with Crippen LogP contribution in [0.3, 0.4) is 0 Å². The lowest BCUT2D eigenvalue weighted by atomic mass is 9.96. The van der Waals surface area contributed by atoms with E-state index in [9.17, 15) is 13.2 Å². The predicted octanol–water partition coefficient (Wildman–Crippen LogP) is 6.30. The van der Waals surface area contributed by atoms with E-state index in [1.54, 1.807) is 19.2 Å². The molecule has 1 heterocycles. The van der Waals surface area contributed by atoms with Gasteiger partial charge in [0.05, 0.1) is 18.8 Å². The first kappa shape index (κ1) is 19.7. The van der Waals surface area contributed by atoms with Crippen molar-refractivity contribution < 1.29 is 22.6 Å². The highest BCUT2D eigenvalue weighted by atomic mass is 19.1. The van der Waals surface area contributed by atoms with Crippen LogP contribution in [0.25, 0.3) is 22.3 Å². The van der Waals surface area contributed by atoms with E-state index in [1.165, 1.54) is 6.07 Å². The van der Waals surface area contributed by atoms with E-state index in [0.717, 1.165) is 42.2 Å².